The van der Waals surface area contributed by atoms with Crippen molar-refractivity contribution in [2.45, 2.75) is 78.7 Å². The molecule has 3 atom stereocenters. The Morgan fingerprint density at radius 3 is 2.59 bits per heavy atom. The molecule has 0 spiro atoms. The van der Waals surface area contributed by atoms with Crippen LogP contribution in [0, 0.1) is 11.3 Å². The summed E-state index contributed by atoms with van der Waals surface area (Å²) in [6, 6.07) is 0.338. The minimum atomic E-state index is -0.0280. The van der Waals surface area contributed by atoms with Crippen molar-refractivity contribution in [3.8, 4) is 0 Å². The average Bonchev–Trinajstić information content (AvgIpc) is 2.49. The fourth-order valence-electron chi connectivity index (χ4n) is 3.41. The van der Waals surface area contributed by atoms with E-state index in [0.717, 1.165) is 50.7 Å². The van der Waals surface area contributed by atoms with Gasteiger partial charge in [0.25, 0.3) is 0 Å². The van der Waals surface area contributed by atoms with E-state index in [-0.39, 0.29) is 17.3 Å². The Balaban J connectivity index is 2.76. The summed E-state index contributed by atoms with van der Waals surface area (Å²) in [5.41, 5.74) is 0.270. The van der Waals surface area contributed by atoms with Gasteiger partial charge in [-0.25, -0.2) is 0 Å². The highest BCUT2D eigenvalue weighted by molar-refractivity contribution is 5.73. The minimum Gasteiger partial charge on any atom is -0.431 e. The number of hydrogen-bond donors (Lipinski definition) is 0. The third-order valence-electron chi connectivity index (χ3n) is 5.33. The molecule has 0 bridgehead atoms. The maximum atomic E-state index is 12.4. The fourth-order valence-corrected chi connectivity index (χ4v) is 3.41. The molecule has 3 nitrogen and oxygen atoms in total. The zero-order valence-electron chi connectivity index (χ0n) is 15.4. The van der Waals surface area contributed by atoms with Crippen molar-refractivity contribution < 1.29 is 9.53 Å². The molecule has 1 aliphatic rings. The molecule has 0 N–H and O–H groups in total. The van der Waals surface area contributed by atoms with Gasteiger partial charge in [-0.2, -0.15) is 0 Å². The number of unbranched alkanes of at least 4 members (excludes halogenated alkanes) is 1. The molecule has 0 saturated heterocycles. The lowest BCUT2D eigenvalue weighted by atomic mass is 9.72. The maximum absolute atomic E-state index is 12.4. The van der Waals surface area contributed by atoms with Gasteiger partial charge in [0.1, 0.15) is 5.76 Å². The van der Waals surface area contributed by atoms with Crippen molar-refractivity contribution in [1.29, 1.82) is 0 Å². The summed E-state index contributed by atoms with van der Waals surface area (Å²) >= 11 is 0. The number of likely N-dealkylation sites (N-methyl/N-ethyl adjacent to an activating group) is 1. The molecule has 1 aliphatic carbocycles. The lowest BCUT2D eigenvalue weighted by Gasteiger charge is -2.42. The van der Waals surface area contributed by atoms with E-state index in [9.17, 15) is 4.79 Å². The topological polar surface area (TPSA) is 29.5 Å². The van der Waals surface area contributed by atoms with Crippen LogP contribution in [0.15, 0.2) is 11.8 Å². The first-order valence-corrected chi connectivity index (χ1v) is 8.96. The molecule has 0 fully saturated rings. The third-order valence-corrected chi connectivity index (χ3v) is 5.33. The van der Waals surface area contributed by atoms with Crippen LogP contribution in [-0.2, 0) is 9.53 Å². The molecular weight excluding hydrogens is 274 g/mol. The fraction of sp³-hybridized carbons (Fsp3) is 0.842. The average molecular weight is 309 g/mol. The summed E-state index contributed by atoms with van der Waals surface area (Å²) in [6.07, 6.45) is 9.32. The van der Waals surface area contributed by atoms with Gasteiger partial charge in [0.2, 0.25) is 0 Å². The monoisotopic (exact) mass is 309 g/mol. The van der Waals surface area contributed by atoms with Crippen LogP contribution in [0.5, 0.6) is 0 Å². The Morgan fingerprint density at radius 2 is 2.09 bits per heavy atom. The summed E-state index contributed by atoms with van der Waals surface area (Å²) in [7, 11) is 4.21. The summed E-state index contributed by atoms with van der Waals surface area (Å²) in [5.74, 6) is 0.905. The highest BCUT2D eigenvalue weighted by Crippen LogP contribution is 2.40. The van der Waals surface area contributed by atoms with Gasteiger partial charge in [0, 0.05) is 12.5 Å². The molecule has 0 amide bonds. The van der Waals surface area contributed by atoms with Gasteiger partial charge in [-0.1, -0.05) is 40.5 Å². The number of hydrogen-bond acceptors (Lipinski definition) is 3. The molecule has 22 heavy (non-hydrogen) atoms. The lowest BCUT2D eigenvalue weighted by molar-refractivity contribution is -0.145. The molecule has 3 heteroatoms. The number of rotatable bonds is 8. The summed E-state index contributed by atoms with van der Waals surface area (Å²) in [4.78, 5) is 14.6. The van der Waals surface area contributed by atoms with Crippen molar-refractivity contribution in [2.75, 3.05) is 14.1 Å². The van der Waals surface area contributed by atoms with Gasteiger partial charge in [-0.15, -0.1) is 0 Å². The number of carbonyl (C=O) groups excluding carboxylic acids is 1. The van der Waals surface area contributed by atoms with Crippen LogP contribution in [0.4, 0.5) is 0 Å². The predicted octanol–water partition coefficient (Wildman–Crippen LogP) is 4.77. The summed E-state index contributed by atoms with van der Waals surface area (Å²) in [6.45, 7) is 8.82. The van der Waals surface area contributed by atoms with Crippen LogP contribution in [-0.4, -0.2) is 31.0 Å². The SMILES string of the molecule is CCCCC(CC)C(=O)OC1=C[C@H](N(C)C)[C@](C)(CC)CC1. The standard InChI is InChI=1S/C19H35NO2/c1-7-10-11-15(8-2)18(21)22-16-12-13-19(4,9-3)17(14-16)20(5)6/h14-15,17H,7-13H2,1-6H3/t15?,17-,19+/m0/s1. The smallest absolute Gasteiger partial charge is 0.313 e. The van der Waals surface area contributed by atoms with Crippen LogP contribution >= 0.6 is 0 Å². The first kappa shape index (κ1) is 19.2. The van der Waals surface area contributed by atoms with Crippen molar-refractivity contribution in [3.63, 3.8) is 0 Å². The van der Waals surface area contributed by atoms with E-state index >= 15 is 0 Å². The molecule has 1 rings (SSSR count). The van der Waals surface area contributed by atoms with Crippen molar-refractivity contribution in [1.82, 2.24) is 4.90 Å². The quantitative estimate of drug-likeness (QED) is 0.605. The van der Waals surface area contributed by atoms with E-state index in [0.29, 0.717) is 6.04 Å². The van der Waals surface area contributed by atoms with Crippen molar-refractivity contribution >= 4 is 5.97 Å². The largest absolute Gasteiger partial charge is 0.431 e. The van der Waals surface area contributed by atoms with E-state index in [1.165, 1.54) is 0 Å². The molecule has 128 valence electrons. The van der Waals surface area contributed by atoms with Gasteiger partial charge in [-0.3, -0.25) is 4.79 Å². The second kappa shape index (κ2) is 8.71. The Bertz CT molecular complexity index is 389. The van der Waals surface area contributed by atoms with Crippen LogP contribution < -0.4 is 0 Å². The second-order valence-corrected chi connectivity index (χ2v) is 7.22. The van der Waals surface area contributed by atoms with E-state index in [1.807, 2.05) is 0 Å². The number of carbonyl (C=O) groups is 1. The molecule has 0 heterocycles. The third kappa shape index (κ3) is 4.84. The Hall–Kier alpha value is -0.830. The van der Waals surface area contributed by atoms with Gasteiger partial charge in [0.05, 0.1) is 5.92 Å². The van der Waals surface area contributed by atoms with Gasteiger partial charge < -0.3 is 9.64 Å². The molecule has 0 aromatic rings. The number of esters is 1. The first-order chi connectivity index (χ1) is 10.4. The van der Waals surface area contributed by atoms with Gasteiger partial charge >= 0.3 is 5.97 Å². The van der Waals surface area contributed by atoms with E-state index < -0.39 is 0 Å². The molecule has 0 aromatic heterocycles. The summed E-state index contributed by atoms with van der Waals surface area (Å²) < 4.78 is 5.76. The Kier molecular flexibility index (Phi) is 7.61. The van der Waals surface area contributed by atoms with E-state index in [1.54, 1.807) is 0 Å². The molecule has 0 aliphatic heterocycles. The van der Waals surface area contributed by atoms with Crippen molar-refractivity contribution in [2.24, 2.45) is 11.3 Å². The summed E-state index contributed by atoms with van der Waals surface area (Å²) in [5, 5.41) is 0. The Morgan fingerprint density at radius 1 is 1.41 bits per heavy atom. The van der Waals surface area contributed by atoms with Gasteiger partial charge in [0.15, 0.2) is 0 Å². The normalized spacial score (nSPS) is 26.7. The predicted molar refractivity (Wildman–Crippen MR) is 92.6 cm³/mol. The molecule has 0 saturated carbocycles. The molecule has 0 aromatic carbocycles. The van der Waals surface area contributed by atoms with E-state index in [2.05, 4.69) is 52.8 Å². The molecular formula is C19H35NO2. The van der Waals surface area contributed by atoms with Crippen LogP contribution in [0.25, 0.3) is 0 Å². The zero-order valence-corrected chi connectivity index (χ0v) is 15.4. The first-order valence-electron chi connectivity index (χ1n) is 8.96. The molecule has 0 radical (unpaired) electrons. The highest BCUT2D eigenvalue weighted by atomic mass is 16.5. The van der Waals surface area contributed by atoms with Crippen LogP contribution in [0.2, 0.25) is 0 Å². The highest BCUT2D eigenvalue weighted by Gasteiger charge is 2.37. The maximum Gasteiger partial charge on any atom is 0.313 e. The molecule has 1 unspecified atom stereocenters. The lowest BCUT2D eigenvalue weighted by Crippen LogP contribution is -2.43. The number of allylic oxidation sites excluding steroid dienone is 1. The van der Waals surface area contributed by atoms with Crippen molar-refractivity contribution in [3.05, 3.63) is 11.8 Å². The Labute approximate surface area is 137 Å². The number of nitrogens with zero attached hydrogens (tertiary/aromatic N) is 1. The van der Waals surface area contributed by atoms with Crippen LogP contribution in [0.3, 0.4) is 0 Å². The second-order valence-electron chi connectivity index (χ2n) is 7.22. The van der Waals surface area contributed by atoms with Crippen LogP contribution in [0.1, 0.15) is 72.6 Å². The zero-order chi connectivity index (χ0) is 16.8. The van der Waals surface area contributed by atoms with Gasteiger partial charge in [-0.05, 0) is 51.3 Å². The number of ether oxygens (including phenoxy) is 1. The minimum absolute atomic E-state index is 0.0280. The van der Waals surface area contributed by atoms with E-state index in [4.69, 9.17) is 4.74 Å².